The highest BCUT2D eigenvalue weighted by molar-refractivity contribution is 5.96. The van der Waals surface area contributed by atoms with E-state index in [1.807, 2.05) is 36.9 Å². The Morgan fingerprint density at radius 1 is 1.08 bits per heavy atom. The van der Waals surface area contributed by atoms with Crippen LogP contribution in [-0.4, -0.2) is 72.7 Å². The number of rotatable bonds is 9. The lowest BCUT2D eigenvalue weighted by Gasteiger charge is -2.25. The van der Waals surface area contributed by atoms with Crippen LogP contribution < -0.4 is 5.32 Å². The maximum Gasteiger partial charge on any atom is 0.259 e. The molecule has 3 fully saturated rings. The van der Waals surface area contributed by atoms with Crippen LogP contribution in [0.2, 0.25) is 0 Å². The van der Waals surface area contributed by atoms with E-state index in [-0.39, 0.29) is 23.8 Å². The van der Waals surface area contributed by atoms with Crippen molar-refractivity contribution in [3.63, 3.8) is 0 Å². The molecule has 0 saturated carbocycles. The molecule has 2 aromatic rings. The number of aromatic nitrogens is 1. The molecule has 194 valence electrons. The largest absolute Gasteiger partial charge is 0.381 e. The molecule has 36 heavy (non-hydrogen) atoms. The summed E-state index contributed by atoms with van der Waals surface area (Å²) in [6, 6.07) is 10.3. The second-order valence-corrected chi connectivity index (χ2v) is 10.4. The van der Waals surface area contributed by atoms with E-state index >= 15 is 0 Å². The maximum absolute atomic E-state index is 13.3. The molecule has 4 heterocycles. The van der Waals surface area contributed by atoms with E-state index in [0.717, 1.165) is 56.8 Å². The molecule has 2 amide bonds. The monoisotopic (exact) mass is 494 g/mol. The molecule has 3 saturated heterocycles. The van der Waals surface area contributed by atoms with Gasteiger partial charge in [-0.15, -0.1) is 0 Å². The lowest BCUT2D eigenvalue weighted by Crippen LogP contribution is -2.37. The normalized spacial score (nSPS) is 24.7. The molecule has 0 spiro atoms. The average Bonchev–Trinajstić information content (AvgIpc) is 3.69. The van der Waals surface area contributed by atoms with Crippen molar-refractivity contribution in [3.05, 3.63) is 52.9 Å². The number of benzene rings is 1. The van der Waals surface area contributed by atoms with Crippen LogP contribution in [0, 0.1) is 17.8 Å². The summed E-state index contributed by atoms with van der Waals surface area (Å²) in [4.78, 5) is 30.7. The van der Waals surface area contributed by atoms with Crippen molar-refractivity contribution in [2.24, 2.45) is 17.8 Å². The Labute approximate surface area is 213 Å². The van der Waals surface area contributed by atoms with Gasteiger partial charge in [-0.3, -0.25) is 9.59 Å². The van der Waals surface area contributed by atoms with Crippen LogP contribution in [0.25, 0.3) is 0 Å². The van der Waals surface area contributed by atoms with Gasteiger partial charge in [0, 0.05) is 45.8 Å². The summed E-state index contributed by atoms with van der Waals surface area (Å²) in [7, 11) is 0. The Kier molecular flexibility index (Phi) is 7.72. The van der Waals surface area contributed by atoms with E-state index in [1.54, 1.807) is 0 Å². The fraction of sp³-hybridized carbons (Fsp3) is 0.607. The minimum absolute atomic E-state index is 0.00802. The van der Waals surface area contributed by atoms with Crippen LogP contribution in [0.3, 0.4) is 0 Å². The minimum Gasteiger partial charge on any atom is -0.381 e. The molecule has 0 bridgehead atoms. The number of aryl methyl sites for hydroxylation is 2. The number of carbonyl (C=O) groups excluding carboxylic acids is 2. The second-order valence-electron chi connectivity index (χ2n) is 10.4. The van der Waals surface area contributed by atoms with Crippen LogP contribution in [0.5, 0.6) is 0 Å². The summed E-state index contributed by atoms with van der Waals surface area (Å²) < 4.78 is 10.9. The van der Waals surface area contributed by atoms with Gasteiger partial charge in [0.25, 0.3) is 5.91 Å². The summed E-state index contributed by atoms with van der Waals surface area (Å²) in [6.45, 7) is 9.69. The number of fused-ring (bicyclic) bond motifs is 1. The number of nitrogens with zero attached hydrogens (tertiary/aromatic N) is 3. The summed E-state index contributed by atoms with van der Waals surface area (Å²) in [5, 5.41) is 7.42. The third kappa shape index (κ3) is 5.20. The van der Waals surface area contributed by atoms with Gasteiger partial charge in [-0.25, -0.2) is 0 Å². The number of nitrogens with one attached hydrogen (secondary N) is 1. The van der Waals surface area contributed by atoms with Crippen molar-refractivity contribution in [2.75, 3.05) is 45.9 Å². The van der Waals surface area contributed by atoms with Gasteiger partial charge in [0.15, 0.2) is 0 Å². The van der Waals surface area contributed by atoms with Gasteiger partial charge in [-0.2, -0.15) is 0 Å². The molecular weight excluding hydrogens is 456 g/mol. The topological polar surface area (TPSA) is 87.9 Å². The SMILES string of the molecule is CCc1noc(CC)c1C(=O)N1CC2CN(CCC(NC(=O)C3CCOC3)c3ccccc3)C[C@H]2C1. The molecule has 1 N–H and O–H groups in total. The van der Waals surface area contributed by atoms with Crippen LogP contribution in [-0.2, 0) is 22.4 Å². The van der Waals surface area contributed by atoms with Crippen molar-refractivity contribution in [1.82, 2.24) is 20.3 Å². The average molecular weight is 495 g/mol. The smallest absolute Gasteiger partial charge is 0.259 e. The Hall–Kier alpha value is -2.71. The molecule has 0 radical (unpaired) electrons. The standard InChI is InChI=1S/C28H38N4O4/c1-3-23-26(25(4-2)36-30-23)28(34)32-16-21-14-31(15-22(21)17-32)12-10-24(19-8-6-5-7-9-19)29-27(33)20-11-13-35-18-20/h5-9,20-22,24H,3-4,10-18H2,1-2H3,(H,29,33)/t20?,21-,22?,24?/m0/s1. The summed E-state index contributed by atoms with van der Waals surface area (Å²) in [5.41, 5.74) is 2.60. The van der Waals surface area contributed by atoms with Crippen LogP contribution in [0.4, 0.5) is 0 Å². The van der Waals surface area contributed by atoms with Crippen LogP contribution >= 0.6 is 0 Å². The summed E-state index contributed by atoms with van der Waals surface area (Å²) in [6.07, 6.45) is 3.04. The number of hydrogen-bond acceptors (Lipinski definition) is 6. The fourth-order valence-corrected chi connectivity index (χ4v) is 6.03. The Morgan fingerprint density at radius 2 is 1.83 bits per heavy atom. The molecule has 1 aromatic carbocycles. The highest BCUT2D eigenvalue weighted by atomic mass is 16.5. The predicted octanol–water partition coefficient (Wildman–Crippen LogP) is 3.09. The van der Waals surface area contributed by atoms with E-state index in [4.69, 9.17) is 9.26 Å². The van der Waals surface area contributed by atoms with Crippen molar-refractivity contribution in [3.8, 4) is 0 Å². The van der Waals surface area contributed by atoms with Gasteiger partial charge in [0.2, 0.25) is 5.91 Å². The van der Waals surface area contributed by atoms with Gasteiger partial charge in [0.05, 0.1) is 24.3 Å². The van der Waals surface area contributed by atoms with E-state index in [1.165, 1.54) is 0 Å². The van der Waals surface area contributed by atoms with Gasteiger partial charge in [0.1, 0.15) is 11.3 Å². The molecule has 8 nitrogen and oxygen atoms in total. The van der Waals surface area contributed by atoms with Gasteiger partial charge in [-0.05, 0) is 36.7 Å². The van der Waals surface area contributed by atoms with Gasteiger partial charge < -0.3 is 24.4 Å². The first-order valence-electron chi connectivity index (χ1n) is 13.5. The van der Waals surface area contributed by atoms with E-state index in [2.05, 4.69) is 27.5 Å². The molecule has 0 aliphatic carbocycles. The number of hydrogen-bond donors (Lipinski definition) is 1. The predicted molar refractivity (Wildman–Crippen MR) is 135 cm³/mol. The summed E-state index contributed by atoms with van der Waals surface area (Å²) >= 11 is 0. The molecule has 8 heteroatoms. The number of carbonyl (C=O) groups is 2. The Balaban J connectivity index is 1.17. The zero-order valence-corrected chi connectivity index (χ0v) is 21.4. The first-order chi connectivity index (χ1) is 17.6. The Bertz CT molecular complexity index is 1010. The molecule has 4 atom stereocenters. The highest BCUT2D eigenvalue weighted by Gasteiger charge is 2.42. The first-order valence-corrected chi connectivity index (χ1v) is 13.5. The van der Waals surface area contributed by atoms with Crippen molar-refractivity contribution in [2.45, 2.75) is 45.6 Å². The van der Waals surface area contributed by atoms with E-state index in [9.17, 15) is 9.59 Å². The lowest BCUT2D eigenvalue weighted by atomic mass is 10.0. The molecule has 1 aromatic heterocycles. The third-order valence-corrected chi connectivity index (χ3v) is 8.11. The molecule has 5 rings (SSSR count). The van der Waals surface area contributed by atoms with Crippen molar-refractivity contribution in [1.29, 1.82) is 0 Å². The van der Waals surface area contributed by atoms with Crippen molar-refractivity contribution < 1.29 is 18.8 Å². The number of likely N-dealkylation sites (tertiary alicyclic amines) is 2. The van der Waals surface area contributed by atoms with Crippen molar-refractivity contribution >= 4 is 11.8 Å². The summed E-state index contributed by atoms with van der Waals surface area (Å²) in [5.74, 6) is 1.81. The lowest BCUT2D eigenvalue weighted by molar-refractivity contribution is -0.125. The molecular formula is C28H38N4O4. The molecule has 3 aliphatic heterocycles. The fourth-order valence-electron chi connectivity index (χ4n) is 6.03. The first kappa shape index (κ1) is 25.0. The van der Waals surface area contributed by atoms with E-state index in [0.29, 0.717) is 49.2 Å². The Morgan fingerprint density at radius 3 is 2.47 bits per heavy atom. The highest BCUT2D eigenvalue weighted by Crippen LogP contribution is 2.33. The van der Waals surface area contributed by atoms with Crippen LogP contribution in [0.15, 0.2) is 34.9 Å². The third-order valence-electron chi connectivity index (χ3n) is 8.11. The second kappa shape index (κ2) is 11.1. The van der Waals surface area contributed by atoms with Gasteiger partial charge >= 0.3 is 0 Å². The molecule has 3 unspecified atom stereocenters. The minimum atomic E-state index is -0.0437. The van der Waals surface area contributed by atoms with Gasteiger partial charge in [-0.1, -0.05) is 49.3 Å². The molecule has 3 aliphatic rings. The maximum atomic E-state index is 13.3. The zero-order chi connectivity index (χ0) is 25.1. The number of ether oxygens (including phenoxy) is 1. The quantitative estimate of drug-likeness (QED) is 0.577. The zero-order valence-electron chi connectivity index (χ0n) is 21.4. The van der Waals surface area contributed by atoms with E-state index < -0.39 is 0 Å². The van der Waals surface area contributed by atoms with Crippen LogP contribution in [0.1, 0.15) is 60.1 Å². The number of amides is 2.